The Morgan fingerprint density at radius 3 is 2.88 bits per heavy atom. The van der Waals surface area contributed by atoms with E-state index in [1.165, 1.54) is 0 Å². The molecule has 0 aliphatic carbocycles. The van der Waals surface area contributed by atoms with Gasteiger partial charge in [-0.3, -0.25) is 0 Å². The summed E-state index contributed by atoms with van der Waals surface area (Å²) in [5.74, 6) is 0. The van der Waals surface area contributed by atoms with Crippen LogP contribution in [-0.2, 0) is 4.74 Å². The maximum Gasteiger partial charge on any atom is 0.147 e. The van der Waals surface area contributed by atoms with Crippen molar-refractivity contribution in [2.24, 2.45) is 5.16 Å². The van der Waals surface area contributed by atoms with E-state index in [-0.39, 0.29) is 5.17 Å². The van der Waals surface area contributed by atoms with Crippen molar-refractivity contribution in [3.05, 3.63) is 0 Å². The normalized spacial score (nSPS) is 12.0. The third-order valence-corrected chi connectivity index (χ3v) is 0.886. The Kier molecular flexibility index (Phi) is 4.70. The first kappa shape index (κ1) is 7.72. The van der Waals surface area contributed by atoms with E-state index in [2.05, 4.69) is 9.89 Å². The van der Waals surface area contributed by atoms with Crippen molar-refractivity contribution >= 4 is 16.8 Å². The largest absolute Gasteiger partial charge is 0.410 e. The van der Waals surface area contributed by atoms with Crippen LogP contribution in [0.4, 0.5) is 0 Å². The average molecular weight is 138 g/mol. The highest BCUT2D eigenvalue weighted by Crippen LogP contribution is 1.90. The molecule has 4 heteroatoms. The molecule has 0 radical (unpaired) electrons. The van der Waals surface area contributed by atoms with E-state index < -0.39 is 0 Å². The van der Waals surface area contributed by atoms with Gasteiger partial charge in [0.25, 0.3) is 0 Å². The van der Waals surface area contributed by atoms with Crippen molar-refractivity contribution < 1.29 is 9.94 Å². The van der Waals surface area contributed by atoms with Crippen LogP contribution in [0.3, 0.4) is 0 Å². The summed E-state index contributed by atoms with van der Waals surface area (Å²) in [5, 5.41) is 10.9. The van der Waals surface area contributed by atoms with Crippen LogP contribution in [0.1, 0.15) is 6.42 Å². The Balaban J connectivity index is 3.12. The first-order valence-electron chi connectivity index (χ1n) is 2.16. The summed E-state index contributed by atoms with van der Waals surface area (Å²) in [6, 6.07) is 0. The molecule has 0 heterocycles. The minimum Gasteiger partial charge on any atom is -0.410 e. The Hall–Kier alpha value is -0.280. The molecule has 0 aromatic heterocycles. The van der Waals surface area contributed by atoms with E-state index in [1.807, 2.05) is 0 Å². The van der Waals surface area contributed by atoms with Gasteiger partial charge in [0.2, 0.25) is 0 Å². The van der Waals surface area contributed by atoms with Gasteiger partial charge in [-0.25, -0.2) is 0 Å². The Bertz CT molecular complexity index is 84.1. The van der Waals surface area contributed by atoms with Crippen molar-refractivity contribution in [1.29, 1.82) is 0 Å². The molecule has 3 nitrogen and oxygen atoms in total. The van der Waals surface area contributed by atoms with Crippen LogP contribution in [-0.4, -0.2) is 24.1 Å². The van der Waals surface area contributed by atoms with E-state index >= 15 is 0 Å². The smallest absolute Gasteiger partial charge is 0.147 e. The zero-order valence-electron chi connectivity index (χ0n) is 4.59. The zero-order chi connectivity index (χ0) is 6.41. The highest BCUT2D eigenvalue weighted by Gasteiger charge is 1.90. The molecule has 0 aromatic rings. The quantitative estimate of drug-likeness (QED) is 0.359. The van der Waals surface area contributed by atoms with E-state index in [1.54, 1.807) is 7.11 Å². The van der Waals surface area contributed by atoms with E-state index in [9.17, 15) is 0 Å². The number of halogens is 1. The number of hydrogen-bond donors (Lipinski definition) is 1. The molecule has 0 bridgehead atoms. The number of nitrogens with zero attached hydrogens (tertiary/aromatic N) is 1. The summed E-state index contributed by atoms with van der Waals surface area (Å²) >= 11 is 5.26. The van der Waals surface area contributed by atoms with Crippen molar-refractivity contribution in [2.75, 3.05) is 13.7 Å². The van der Waals surface area contributed by atoms with Crippen LogP contribution in [0.25, 0.3) is 0 Å². The zero-order valence-corrected chi connectivity index (χ0v) is 5.35. The molecule has 0 spiro atoms. The van der Waals surface area contributed by atoms with Crippen LogP contribution in [0.5, 0.6) is 0 Å². The first-order chi connectivity index (χ1) is 3.81. The van der Waals surface area contributed by atoms with Crippen LogP contribution < -0.4 is 0 Å². The number of hydrogen-bond acceptors (Lipinski definition) is 3. The maximum atomic E-state index is 7.96. The lowest BCUT2D eigenvalue weighted by molar-refractivity contribution is 0.206. The van der Waals surface area contributed by atoms with Crippen molar-refractivity contribution in [3.63, 3.8) is 0 Å². The second kappa shape index (κ2) is 4.87. The molecule has 1 N–H and O–H groups in total. The van der Waals surface area contributed by atoms with Gasteiger partial charge < -0.3 is 9.94 Å². The van der Waals surface area contributed by atoms with Gasteiger partial charge in [0.05, 0.1) is 6.61 Å². The van der Waals surface area contributed by atoms with Gasteiger partial charge in [0.15, 0.2) is 0 Å². The predicted molar refractivity (Wildman–Crippen MR) is 31.6 cm³/mol. The van der Waals surface area contributed by atoms with Gasteiger partial charge >= 0.3 is 0 Å². The average Bonchev–Trinajstić information content (AvgIpc) is 1.83. The van der Waals surface area contributed by atoms with Gasteiger partial charge in [-0.15, -0.1) is 0 Å². The van der Waals surface area contributed by atoms with E-state index in [0.717, 1.165) is 0 Å². The molecule has 0 saturated heterocycles. The first-order valence-corrected chi connectivity index (χ1v) is 2.54. The minimum absolute atomic E-state index is 0.173. The molecule has 8 heavy (non-hydrogen) atoms. The fraction of sp³-hybridized carbons (Fsp3) is 0.750. The second-order valence-electron chi connectivity index (χ2n) is 1.22. The third kappa shape index (κ3) is 3.89. The van der Waals surface area contributed by atoms with Gasteiger partial charge in [-0.1, -0.05) is 16.8 Å². The Morgan fingerprint density at radius 2 is 2.50 bits per heavy atom. The van der Waals surface area contributed by atoms with Crippen LogP contribution in [0.15, 0.2) is 5.16 Å². The van der Waals surface area contributed by atoms with E-state index in [4.69, 9.17) is 16.8 Å². The predicted octanol–water partition coefficient (Wildman–Crippen LogP) is 1.05. The SMILES string of the molecule is COCC/C(Cl)=N\O. The molecule has 0 aliphatic heterocycles. The lowest BCUT2D eigenvalue weighted by Gasteiger charge is -1.91. The number of rotatable bonds is 3. The van der Waals surface area contributed by atoms with Crippen molar-refractivity contribution in [3.8, 4) is 0 Å². The number of methoxy groups -OCH3 is 1. The number of oxime groups is 1. The Labute approximate surface area is 52.9 Å². The summed E-state index contributed by atoms with van der Waals surface area (Å²) < 4.78 is 4.64. The second-order valence-corrected chi connectivity index (χ2v) is 1.66. The fourth-order valence-electron chi connectivity index (χ4n) is 0.236. The molecular formula is C4H8ClNO2. The molecular weight excluding hydrogens is 130 g/mol. The monoisotopic (exact) mass is 137 g/mol. The molecule has 0 aliphatic rings. The van der Waals surface area contributed by atoms with Gasteiger partial charge in [-0.2, -0.15) is 0 Å². The lowest BCUT2D eigenvalue weighted by Crippen LogP contribution is -1.94. The molecule has 0 aromatic carbocycles. The summed E-state index contributed by atoms with van der Waals surface area (Å²) in [6.07, 6.45) is 0.467. The van der Waals surface area contributed by atoms with Gasteiger partial charge in [0.1, 0.15) is 5.17 Å². The molecule has 0 atom stereocenters. The molecule has 0 saturated carbocycles. The molecule has 0 amide bonds. The lowest BCUT2D eigenvalue weighted by atomic mass is 10.5. The number of ether oxygens (including phenoxy) is 1. The van der Waals surface area contributed by atoms with Crippen molar-refractivity contribution in [1.82, 2.24) is 0 Å². The molecule has 0 fully saturated rings. The molecule has 0 rings (SSSR count). The highest BCUT2D eigenvalue weighted by atomic mass is 35.5. The van der Waals surface area contributed by atoms with Gasteiger partial charge in [0, 0.05) is 13.5 Å². The topological polar surface area (TPSA) is 41.8 Å². The summed E-state index contributed by atoms with van der Waals surface area (Å²) in [6.45, 7) is 0.489. The third-order valence-electron chi connectivity index (χ3n) is 0.621. The molecule has 0 unspecified atom stereocenters. The summed E-state index contributed by atoms with van der Waals surface area (Å²) in [7, 11) is 1.56. The van der Waals surface area contributed by atoms with Crippen LogP contribution in [0.2, 0.25) is 0 Å². The van der Waals surface area contributed by atoms with Crippen LogP contribution in [0, 0.1) is 0 Å². The van der Waals surface area contributed by atoms with Crippen molar-refractivity contribution in [2.45, 2.75) is 6.42 Å². The Morgan fingerprint density at radius 1 is 1.88 bits per heavy atom. The van der Waals surface area contributed by atoms with Crippen LogP contribution >= 0.6 is 11.6 Å². The summed E-state index contributed by atoms with van der Waals surface area (Å²) in [5.41, 5.74) is 0. The van der Waals surface area contributed by atoms with Gasteiger partial charge in [-0.05, 0) is 0 Å². The molecule has 48 valence electrons. The standard InChI is InChI=1S/C4H8ClNO2/c1-8-3-2-4(5)6-7/h7H,2-3H2,1H3/b6-4+. The minimum atomic E-state index is 0.173. The maximum absolute atomic E-state index is 7.96. The fourth-order valence-corrected chi connectivity index (χ4v) is 0.313. The highest BCUT2D eigenvalue weighted by molar-refractivity contribution is 6.65. The summed E-state index contributed by atoms with van der Waals surface area (Å²) in [4.78, 5) is 0. The van der Waals surface area contributed by atoms with E-state index in [0.29, 0.717) is 13.0 Å².